The average molecular weight is 340 g/mol. The molecule has 0 aromatic rings. The summed E-state index contributed by atoms with van der Waals surface area (Å²) in [5.41, 5.74) is -0.407. The minimum Gasteiger partial charge on any atom is -0.480 e. The van der Waals surface area contributed by atoms with Crippen LogP contribution in [-0.2, 0) is 9.59 Å². The van der Waals surface area contributed by atoms with Crippen molar-refractivity contribution >= 4 is 11.9 Å². The molecule has 24 heavy (non-hydrogen) atoms. The number of hydrogen-bond donors (Lipinski definition) is 2. The number of carboxylic acid groups (broad SMARTS) is 1. The molecule has 1 aliphatic carbocycles. The van der Waals surface area contributed by atoms with Gasteiger partial charge in [0, 0.05) is 5.41 Å². The van der Waals surface area contributed by atoms with Gasteiger partial charge in [-0.05, 0) is 43.4 Å². The fraction of sp³-hybridized carbons (Fsp3) is 0.900. The van der Waals surface area contributed by atoms with E-state index in [0.717, 1.165) is 43.9 Å². The van der Waals surface area contributed by atoms with Gasteiger partial charge in [0.15, 0.2) is 0 Å². The molecule has 0 aromatic heterocycles. The number of amides is 1. The van der Waals surface area contributed by atoms with Crippen LogP contribution in [0.1, 0.15) is 86.0 Å². The highest BCUT2D eigenvalue weighted by Crippen LogP contribution is 2.40. The molecule has 1 unspecified atom stereocenters. The smallest absolute Gasteiger partial charge is 0.326 e. The zero-order valence-corrected chi connectivity index (χ0v) is 16.2. The van der Waals surface area contributed by atoms with Crippen LogP contribution in [0.5, 0.6) is 0 Å². The van der Waals surface area contributed by atoms with Crippen LogP contribution in [0.15, 0.2) is 0 Å². The first kappa shape index (κ1) is 21.0. The number of aliphatic carboxylic acids is 1. The Bertz CT molecular complexity index is 411. The Kier molecular flexibility index (Phi) is 8.24. The van der Waals surface area contributed by atoms with E-state index in [9.17, 15) is 14.7 Å². The second kappa shape index (κ2) is 9.43. The Morgan fingerprint density at radius 3 is 2.25 bits per heavy atom. The van der Waals surface area contributed by atoms with Crippen molar-refractivity contribution in [2.45, 2.75) is 92.0 Å². The predicted octanol–water partition coefficient (Wildman–Crippen LogP) is 4.62. The van der Waals surface area contributed by atoms with E-state index < -0.39 is 17.4 Å². The first-order chi connectivity index (χ1) is 11.2. The predicted molar refractivity (Wildman–Crippen MR) is 97.8 cm³/mol. The standard InChI is InChI=1S/C20H37NO3/c1-6-15(4)17(18(22)23)21-19(24)20(5)12-10-16(11-13-20)9-7-8-14(2)3/h14-17H,6-13H2,1-5H3,(H,21,24)(H,22,23)/t15?,16-,17-,20+/m0/s1. The Hall–Kier alpha value is -1.06. The number of rotatable bonds is 9. The van der Waals surface area contributed by atoms with Crippen LogP contribution in [0.2, 0.25) is 0 Å². The van der Waals surface area contributed by atoms with Gasteiger partial charge in [0.05, 0.1) is 0 Å². The normalized spacial score (nSPS) is 26.8. The average Bonchev–Trinajstić information content (AvgIpc) is 2.53. The molecule has 0 aromatic carbocycles. The van der Waals surface area contributed by atoms with Gasteiger partial charge in [0.25, 0.3) is 0 Å². The van der Waals surface area contributed by atoms with Gasteiger partial charge in [-0.15, -0.1) is 0 Å². The summed E-state index contributed by atoms with van der Waals surface area (Å²) in [7, 11) is 0. The third-order valence-corrected chi connectivity index (χ3v) is 5.92. The van der Waals surface area contributed by atoms with Gasteiger partial charge < -0.3 is 10.4 Å². The molecule has 4 heteroatoms. The lowest BCUT2D eigenvalue weighted by Gasteiger charge is -2.37. The molecule has 1 saturated carbocycles. The maximum Gasteiger partial charge on any atom is 0.326 e. The van der Waals surface area contributed by atoms with Crippen molar-refractivity contribution in [1.82, 2.24) is 5.32 Å². The summed E-state index contributed by atoms with van der Waals surface area (Å²) in [5.74, 6) is 0.439. The molecule has 1 aliphatic rings. The topological polar surface area (TPSA) is 66.4 Å². The van der Waals surface area contributed by atoms with E-state index in [1.165, 1.54) is 19.3 Å². The number of nitrogens with one attached hydrogen (secondary N) is 1. The molecular formula is C20H37NO3. The summed E-state index contributed by atoms with van der Waals surface area (Å²) in [6.45, 7) is 10.4. The van der Waals surface area contributed by atoms with E-state index in [1.807, 2.05) is 20.8 Å². The van der Waals surface area contributed by atoms with Gasteiger partial charge >= 0.3 is 5.97 Å². The first-order valence-corrected chi connectivity index (χ1v) is 9.73. The largest absolute Gasteiger partial charge is 0.480 e. The van der Waals surface area contributed by atoms with Crippen molar-refractivity contribution in [3.8, 4) is 0 Å². The summed E-state index contributed by atoms with van der Waals surface area (Å²) in [4.78, 5) is 24.1. The van der Waals surface area contributed by atoms with Crippen molar-refractivity contribution in [1.29, 1.82) is 0 Å². The fourth-order valence-corrected chi connectivity index (χ4v) is 3.64. The Balaban J connectivity index is 2.52. The number of hydrogen-bond acceptors (Lipinski definition) is 2. The third-order valence-electron chi connectivity index (χ3n) is 5.92. The molecule has 0 heterocycles. The molecule has 2 atom stereocenters. The highest BCUT2D eigenvalue weighted by molar-refractivity contribution is 5.87. The first-order valence-electron chi connectivity index (χ1n) is 9.73. The Morgan fingerprint density at radius 2 is 1.79 bits per heavy atom. The Morgan fingerprint density at radius 1 is 1.21 bits per heavy atom. The maximum absolute atomic E-state index is 12.7. The number of carbonyl (C=O) groups excluding carboxylic acids is 1. The summed E-state index contributed by atoms with van der Waals surface area (Å²) in [6, 6.07) is -0.775. The molecule has 4 nitrogen and oxygen atoms in total. The molecule has 1 amide bonds. The van der Waals surface area contributed by atoms with Crippen LogP contribution in [-0.4, -0.2) is 23.0 Å². The van der Waals surface area contributed by atoms with Crippen LogP contribution in [0, 0.1) is 23.2 Å². The molecule has 0 radical (unpaired) electrons. The van der Waals surface area contributed by atoms with Crippen LogP contribution < -0.4 is 5.32 Å². The lowest BCUT2D eigenvalue weighted by Crippen LogP contribution is -2.51. The summed E-state index contributed by atoms with van der Waals surface area (Å²) < 4.78 is 0. The molecule has 1 rings (SSSR count). The van der Waals surface area contributed by atoms with Crippen molar-refractivity contribution in [3.05, 3.63) is 0 Å². The lowest BCUT2D eigenvalue weighted by molar-refractivity contribution is -0.146. The molecule has 1 fully saturated rings. The molecule has 140 valence electrons. The van der Waals surface area contributed by atoms with E-state index >= 15 is 0 Å². The maximum atomic E-state index is 12.7. The minimum atomic E-state index is -0.927. The van der Waals surface area contributed by atoms with Crippen LogP contribution >= 0.6 is 0 Å². The van der Waals surface area contributed by atoms with Crippen LogP contribution in [0.4, 0.5) is 0 Å². The van der Waals surface area contributed by atoms with E-state index in [-0.39, 0.29) is 11.8 Å². The van der Waals surface area contributed by atoms with Gasteiger partial charge in [0.1, 0.15) is 6.04 Å². The monoisotopic (exact) mass is 339 g/mol. The summed E-state index contributed by atoms with van der Waals surface area (Å²) in [5, 5.41) is 12.2. The second-order valence-electron chi connectivity index (χ2n) is 8.50. The van der Waals surface area contributed by atoms with E-state index in [2.05, 4.69) is 19.2 Å². The molecular weight excluding hydrogens is 302 g/mol. The highest BCUT2D eigenvalue weighted by atomic mass is 16.4. The number of carboxylic acids is 1. The molecule has 0 saturated heterocycles. The van der Waals surface area contributed by atoms with Crippen molar-refractivity contribution < 1.29 is 14.7 Å². The zero-order valence-electron chi connectivity index (χ0n) is 16.2. The van der Waals surface area contributed by atoms with E-state index in [0.29, 0.717) is 0 Å². The highest BCUT2D eigenvalue weighted by Gasteiger charge is 2.39. The van der Waals surface area contributed by atoms with Gasteiger partial charge in [0.2, 0.25) is 5.91 Å². The fourth-order valence-electron chi connectivity index (χ4n) is 3.64. The van der Waals surface area contributed by atoms with Crippen LogP contribution in [0.3, 0.4) is 0 Å². The summed E-state index contributed by atoms with van der Waals surface area (Å²) in [6.07, 6.45) is 8.48. The van der Waals surface area contributed by atoms with Gasteiger partial charge in [-0.2, -0.15) is 0 Å². The zero-order chi connectivity index (χ0) is 18.3. The Labute approximate surface area is 147 Å². The van der Waals surface area contributed by atoms with Gasteiger partial charge in [-0.3, -0.25) is 4.79 Å². The van der Waals surface area contributed by atoms with Crippen molar-refractivity contribution in [3.63, 3.8) is 0 Å². The third kappa shape index (κ3) is 6.10. The molecule has 0 bridgehead atoms. The van der Waals surface area contributed by atoms with Crippen molar-refractivity contribution in [2.24, 2.45) is 23.2 Å². The van der Waals surface area contributed by atoms with Crippen LogP contribution in [0.25, 0.3) is 0 Å². The van der Waals surface area contributed by atoms with E-state index in [4.69, 9.17) is 0 Å². The second-order valence-corrected chi connectivity index (χ2v) is 8.50. The summed E-state index contributed by atoms with van der Waals surface area (Å²) >= 11 is 0. The molecule has 0 aliphatic heterocycles. The van der Waals surface area contributed by atoms with Gasteiger partial charge in [-0.25, -0.2) is 4.79 Å². The van der Waals surface area contributed by atoms with Gasteiger partial charge in [-0.1, -0.05) is 60.3 Å². The number of carbonyl (C=O) groups is 2. The lowest BCUT2D eigenvalue weighted by atomic mass is 9.70. The minimum absolute atomic E-state index is 0.0533. The molecule has 0 spiro atoms. The molecule has 2 N–H and O–H groups in total. The van der Waals surface area contributed by atoms with Crippen molar-refractivity contribution in [2.75, 3.05) is 0 Å². The van der Waals surface area contributed by atoms with E-state index in [1.54, 1.807) is 0 Å². The quantitative estimate of drug-likeness (QED) is 0.644. The SMILES string of the molecule is CCC(C)[C@H](NC(=O)[C@]1(C)CC[C@H](CCCC(C)C)CC1)C(=O)O.